The van der Waals surface area contributed by atoms with Crippen LogP contribution >= 0.6 is 0 Å². The van der Waals surface area contributed by atoms with E-state index in [2.05, 4.69) is 68.5 Å². The van der Waals surface area contributed by atoms with Crippen molar-refractivity contribution in [3.63, 3.8) is 0 Å². The summed E-state index contributed by atoms with van der Waals surface area (Å²) in [5.41, 5.74) is 7.42. The van der Waals surface area contributed by atoms with Crippen LogP contribution in [-0.4, -0.2) is 0 Å². The molecule has 0 fully saturated rings. The van der Waals surface area contributed by atoms with Crippen LogP contribution in [0.3, 0.4) is 0 Å². The third-order valence-corrected chi connectivity index (χ3v) is 4.73. The van der Waals surface area contributed by atoms with Crippen molar-refractivity contribution < 1.29 is 0 Å². The highest BCUT2D eigenvalue weighted by Crippen LogP contribution is 2.41. The highest BCUT2D eigenvalue weighted by Gasteiger charge is 2.23. The second kappa shape index (κ2) is 6.96. The summed E-state index contributed by atoms with van der Waals surface area (Å²) in [5, 5.41) is 0. The third kappa shape index (κ3) is 3.32. The largest absolute Gasteiger partial charge is 0.0859 e. The lowest BCUT2D eigenvalue weighted by molar-refractivity contribution is 0.566. The molecule has 1 aliphatic rings. The first-order chi connectivity index (χ1) is 10.8. The van der Waals surface area contributed by atoms with Crippen LogP contribution in [0.25, 0.3) is 11.1 Å². The molecule has 0 nitrogen and oxygen atoms in total. The zero-order chi connectivity index (χ0) is 15.4. The summed E-state index contributed by atoms with van der Waals surface area (Å²) in [7, 11) is 0. The van der Waals surface area contributed by atoms with Crippen molar-refractivity contribution in [3.8, 4) is 11.1 Å². The van der Waals surface area contributed by atoms with Crippen molar-refractivity contribution in [2.24, 2.45) is 0 Å². The van der Waals surface area contributed by atoms with E-state index in [1.807, 2.05) is 0 Å². The van der Waals surface area contributed by atoms with Crippen molar-refractivity contribution in [2.75, 3.05) is 0 Å². The van der Waals surface area contributed by atoms with Crippen molar-refractivity contribution in [1.29, 1.82) is 0 Å². The van der Waals surface area contributed by atoms with Gasteiger partial charge in [0.2, 0.25) is 0 Å². The molecule has 0 saturated heterocycles. The maximum Gasteiger partial charge on any atom is -0.0115 e. The quantitative estimate of drug-likeness (QED) is 0.434. The van der Waals surface area contributed by atoms with E-state index in [0.717, 1.165) is 0 Å². The molecule has 0 amide bonds. The zero-order valence-corrected chi connectivity index (χ0v) is 13.8. The predicted octanol–water partition coefficient (Wildman–Crippen LogP) is 6.52. The number of allylic oxidation sites excluding steroid dienone is 2. The van der Waals surface area contributed by atoms with Gasteiger partial charge in [-0.15, -0.1) is 0 Å². The number of unbranched alkanes of at least 4 members (excludes halogenated alkanes) is 2. The fourth-order valence-electron chi connectivity index (χ4n) is 3.62. The monoisotopic (exact) mass is 290 g/mol. The van der Waals surface area contributed by atoms with Crippen molar-refractivity contribution in [2.45, 2.75) is 51.9 Å². The first-order valence-corrected chi connectivity index (χ1v) is 8.56. The summed E-state index contributed by atoms with van der Waals surface area (Å²) < 4.78 is 0. The van der Waals surface area contributed by atoms with Crippen molar-refractivity contribution >= 4 is 0 Å². The Morgan fingerprint density at radius 3 is 2.50 bits per heavy atom. The normalized spacial score (nSPS) is 15.8. The molecular weight excluding hydrogens is 264 g/mol. The maximum absolute atomic E-state index is 2.37. The van der Waals surface area contributed by atoms with Gasteiger partial charge in [0.1, 0.15) is 0 Å². The number of hydrogen-bond acceptors (Lipinski definition) is 0. The fourth-order valence-corrected chi connectivity index (χ4v) is 3.62. The van der Waals surface area contributed by atoms with Crippen LogP contribution in [0, 0.1) is 0 Å². The summed E-state index contributed by atoms with van der Waals surface area (Å²) in [6.07, 6.45) is 8.74. The summed E-state index contributed by atoms with van der Waals surface area (Å²) in [5.74, 6) is 0.692. The third-order valence-electron chi connectivity index (χ3n) is 4.73. The van der Waals surface area contributed by atoms with Crippen LogP contribution in [-0.2, 0) is 6.42 Å². The number of rotatable bonds is 5. The van der Waals surface area contributed by atoms with Crippen LogP contribution in [0.1, 0.15) is 56.6 Å². The molecule has 0 saturated carbocycles. The van der Waals surface area contributed by atoms with Gasteiger partial charge >= 0.3 is 0 Å². The molecule has 3 rings (SSSR count). The van der Waals surface area contributed by atoms with Crippen LogP contribution in [0.4, 0.5) is 0 Å². The molecule has 0 radical (unpaired) electrons. The molecule has 0 bridgehead atoms. The zero-order valence-electron chi connectivity index (χ0n) is 13.8. The number of benzene rings is 2. The first kappa shape index (κ1) is 15.1. The minimum Gasteiger partial charge on any atom is -0.0859 e. The molecule has 22 heavy (non-hydrogen) atoms. The molecule has 0 aliphatic heterocycles. The van der Waals surface area contributed by atoms with E-state index < -0.39 is 0 Å². The Balaban J connectivity index is 1.73. The Morgan fingerprint density at radius 2 is 1.68 bits per heavy atom. The molecule has 1 atom stereocenters. The van der Waals surface area contributed by atoms with Gasteiger partial charge in [-0.2, -0.15) is 0 Å². The summed E-state index contributed by atoms with van der Waals surface area (Å²) in [6.45, 7) is 4.38. The van der Waals surface area contributed by atoms with E-state index in [9.17, 15) is 0 Å². The topological polar surface area (TPSA) is 0 Å². The molecular formula is C22H26. The van der Waals surface area contributed by atoms with Gasteiger partial charge in [-0.25, -0.2) is 0 Å². The number of fused-ring (bicyclic) bond motifs is 3. The van der Waals surface area contributed by atoms with E-state index in [0.29, 0.717) is 5.92 Å². The van der Waals surface area contributed by atoms with Crippen LogP contribution in [0.2, 0.25) is 0 Å². The van der Waals surface area contributed by atoms with E-state index in [4.69, 9.17) is 0 Å². The Labute approximate surface area is 134 Å². The number of hydrogen-bond donors (Lipinski definition) is 0. The van der Waals surface area contributed by atoms with Gasteiger partial charge in [0.15, 0.2) is 0 Å². The van der Waals surface area contributed by atoms with Gasteiger partial charge in [-0.1, -0.05) is 66.6 Å². The molecule has 2 aromatic carbocycles. The van der Waals surface area contributed by atoms with Crippen LogP contribution in [0.5, 0.6) is 0 Å². The first-order valence-electron chi connectivity index (χ1n) is 8.56. The van der Waals surface area contributed by atoms with Gasteiger partial charge in [0, 0.05) is 0 Å². The Bertz CT molecular complexity index is 659. The van der Waals surface area contributed by atoms with Gasteiger partial charge in [0.25, 0.3) is 0 Å². The van der Waals surface area contributed by atoms with Gasteiger partial charge in [-0.05, 0) is 67.7 Å². The smallest absolute Gasteiger partial charge is 0.0115 e. The molecule has 2 aromatic rings. The van der Waals surface area contributed by atoms with Crippen molar-refractivity contribution in [1.82, 2.24) is 0 Å². The second-order valence-corrected chi connectivity index (χ2v) is 6.71. The predicted molar refractivity (Wildman–Crippen MR) is 96.2 cm³/mol. The Kier molecular flexibility index (Phi) is 4.77. The molecule has 0 heteroatoms. The SMILES string of the molecule is CC(C)=CCCCCC1Cc2ccccc2-c2ccccc21. The summed E-state index contributed by atoms with van der Waals surface area (Å²) in [6, 6.07) is 17.9. The minimum absolute atomic E-state index is 0.692. The highest BCUT2D eigenvalue weighted by atomic mass is 14.3. The highest BCUT2D eigenvalue weighted by molar-refractivity contribution is 5.73. The van der Waals surface area contributed by atoms with Crippen molar-refractivity contribution in [3.05, 3.63) is 71.3 Å². The molecule has 114 valence electrons. The summed E-state index contributed by atoms with van der Waals surface area (Å²) in [4.78, 5) is 0. The second-order valence-electron chi connectivity index (χ2n) is 6.71. The van der Waals surface area contributed by atoms with E-state index in [1.54, 1.807) is 5.56 Å². The van der Waals surface area contributed by atoms with Crippen LogP contribution < -0.4 is 0 Å². The van der Waals surface area contributed by atoms with E-state index in [-0.39, 0.29) is 0 Å². The lowest BCUT2D eigenvalue weighted by Gasteiger charge is -2.28. The molecule has 0 spiro atoms. The Hall–Kier alpha value is -1.82. The molecule has 0 heterocycles. The van der Waals surface area contributed by atoms with Gasteiger partial charge in [0.05, 0.1) is 0 Å². The molecule has 1 unspecified atom stereocenters. The summed E-state index contributed by atoms with van der Waals surface area (Å²) >= 11 is 0. The maximum atomic E-state index is 2.37. The average molecular weight is 290 g/mol. The lowest BCUT2D eigenvalue weighted by Crippen LogP contribution is -2.11. The average Bonchev–Trinajstić information content (AvgIpc) is 2.54. The molecule has 1 aliphatic carbocycles. The molecule has 0 N–H and O–H groups in total. The van der Waals surface area contributed by atoms with Gasteiger partial charge < -0.3 is 0 Å². The standard InChI is InChI=1S/C22H26/c1-17(2)10-4-3-5-11-18-16-19-12-6-7-13-20(19)22-15-9-8-14-21(18)22/h6-10,12-15,18H,3-5,11,16H2,1-2H3. The van der Waals surface area contributed by atoms with Gasteiger partial charge in [-0.3, -0.25) is 0 Å². The minimum atomic E-state index is 0.692. The van der Waals surface area contributed by atoms with E-state index in [1.165, 1.54) is 54.4 Å². The van der Waals surface area contributed by atoms with Crippen LogP contribution in [0.15, 0.2) is 60.2 Å². The van der Waals surface area contributed by atoms with E-state index >= 15 is 0 Å². The Morgan fingerprint density at radius 1 is 0.955 bits per heavy atom. The molecule has 0 aromatic heterocycles. The fraction of sp³-hybridized carbons (Fsp3) is 0.364. The lowest BCUT2D eigenvalue weighted by atomic mass is 9.77.